The third kappa shape index (κ3) is 4.22. The molecule has 0 bridgehead atoms. The van der Waals surface area contributed by atoms with Crippen LogP contribution in [-0.2, 0) is 6.54 Å². The molecule has 0 radical (unpaired) electrons. The number of nitrogens with zero attached hydrogens (tertiary/aromatic N) is 1. The largest absolute Gasteiger partial charge is 0.507 e. The van der Waals surface area contributed by atoms with Crippen LogP contribution in [-0.4, -0.2) is 30.2 Å². The van der Waals surface area contributed by atoms with Gasteiger partial charge in [0.05, 0.1) is 18.1 Å². The first-order valence-electron chi connectivity index (χ1n) is 9.96. The summed E-state index contributed by atoms with van der Waals surface area (Å²) in [6, 6.07) is 10.2. The lowest BCUT2D eigenvalue weighted by atomic mass is 10.1. The molecular weight excluding hydrogens is 370 g/mol. The van der Waals surface area contributed by atoms with E-state index in [1.807, 2.05) is 0 Å². The lowest BCUT2D eigenvalue weighted by Crippen LogP contribution is -2.24. The van der Waals surface area contributed by atoms with Crippen LogP contribution in [0.3, 0.4) is 0 Å². The lowest BCUT2D eigenvalue weighted by Gasteiger charge is -2.20. The van der Waals surface area contributed by atoms with Crippen molar-refractivity contribution in [3.05, 3.63) is 58.4 Å². The number of likely N-dealkylation sites (tertiary alicyclic amines) is 1. The molecule has 1 saturated heterocycles. The van der Waals surface area contributed by atoms with Gasteiger partial charge in [0.1, 0.15) is 29.1 Å². The molecule has 0 atom stereocenters. The Balaban J connectivity index is 1.67. The van der Waals surface area contributed by atoms with Crippen molar-refractivity contribution in [1.82, 2.24) is 4.90 Å². The fourth-order valence-electron chi connectivity index (χ4n) is 3.76. The zero-order valence-electron chi connectivity index (χ0n) is 16.5. The predicted molar refractivity (Wildman–Crippen MR) is 111 cm³/mol. The van der Waals surface area contributed by atoms with Gasteiger partial charge in [-0.15, -0.1) is 0 Å². The van der Waals surface area contributed by atoms with E-state index in [4.69, 9.17) is 13.9 Å². The van der Waals surface area contributed by atoms with Crippen LogP contribution in [0.2, 0.25) is 0 Å². The number of methoxy groups -OCH3 is 1. The average molecular weight is 395 g/mol. The Labute approximate surface area is 169 Å². The summed E-state index contributed by atoms with van der Waals surface area (Å²) in [7, 11) is 1.57. The van der Waals surface area contributed by atoms with Crippen LogP contribution in [0, 0.1) is 0 Å². The number of benzene rings is 2. The molecular formula is C23H25NO5. The Morgan fingerprint density at radius 3 is 2.59 bits per heavy atom. The van der Waals surface area contributed by atoms with Gasteiger partial charge >= 0.3 is 0 Å². The number of hydrogen-bond acceptors (Lipinski definition) is 6. The van der Waals surface area contributed by atoms with E-state index in [0.717, 1.165) is 25.9 Å². The maximum atomic E-state index is 13.0. The topological polar surface area (TPSA) is 72.1 Å². The van der Waals surface area contributed by atoms with Crippen molar-refractivity contribution in [2.24, 2.45) is 0 Å². The van der Waals surface area contributed by atoms with E-state index in [-0.39, 0.29) is 16.9 Å². The molecule has 2 aromatic carbocycles. The highest BCUT2D eigenvalue weighted by Gasteiger charge is 2.18. The number of aromatic hydroxyl groups is 1. The molecule has 0 spiro atoms. The summed E-state index contributed by atoms with van der Waals surface area (Å²) in [5, 5.41) is 10.8. The van der Waals surface area contributed by atoms with Crippen LogP contribution in [0.1, 0.15) is 31.2 Å². The Morgan fingerprint density at radius 1 is 1.07 bits per heavy atom. The van der Waals surface area contributed by atoms with Gasteiger partial charge < -0.3 is 19.0 Å². The van der Waals surface area contributed by atoms with Crippen molar-refractivity contribution in [2.75, 3.05) is 20.2 Å². The minimum absolute atomic E-state index is 0.0946. The van der Waals surface area contributed by atoms with Crippen LogP contribution >= 0.6 is 0 Å². The molecule has 2 heterocycles. The minimum atomic E-state index is -0.272. The average Bonchev–Trinajstić information content (AvgIpc) is 3.01. The second-order valence-electron chi connectivity index (χ2n) is 7.34. The molecule has 1 aromatic heterocycles. The van der Waals surface area contributed by atoms with Crippen molar-refractivity contribution < 1.29 is 19.0 Å². The Kier molecular flexibility index (Phi) is 5.71. The Bertz CT molecular complexity index is 1050. The summed E-state index contributed by atoms with van der Waals surface area (Å²) in [6.45, 7) is 2.52. The van der Waals surface area contributed by atoms with Gasteiger partial charge in [-0.2, -0.15) is 0 Å². The number of rotatable bonds is 5. The molecule has 0 amide bonds. The maximum Gasteiger partial charge on any atom is 0.235 e. The third-order valence-corrected chi connectivity index (χ3v) is 5.34. The minimum Gasteiger partial charge on any atom is -0.507 e. The van der Waals surface area contributed by atoms with E-state index >= 15 is 0 Å². The summed E-state index contributed by atoms with van der Waals surface area (Å²) in [5.74, 6) is 1.36. The van der Waals surface area contributed by atoms with Crippen molar-refractivity contribution in [2.45, 2.75) is 32.2 Å². The standard InChI is InChI=1S/C23H25NO5/c1-27-16-7-6-8-17(13-16)29-21-15-28-23-18(22(21)26)9-10-20(25)19(23)14-24-11-4-2-3-5-12-24/h6-10,13,15,25H,2-5,11-12,14H2,1H3. The van der Waals surface area contributed by atoms with E-state index in [9.17, 15) is 9.90 Å². The van der Waals surface area contributed by atoms with Gasteiger partial charge in [-0.1, -0.05) is 18.9 Å². The summed E-state index contributed by atoms with van der Waals surface area (Å²) in [6.07, 6.45) is 6.08. The molecule has 0 unspecified atom stereocenters. The zero-order chi connectivity index (χ0) is 20.2. The summed E-state index contributed by atoms with van der Waals surface area (Å²) in [4.78, 5) is 15.3. The van der Waals surface area contributed by atoms with E-state index in [2.05, 4.69) is 4.90 Å². The highest BCUT2D eigenvalue weighted by Crippen LogP contribution is 2.30. The summed E-state index contributed by atoms with van der Waals surface area (Å²) in [5.41, 5.74) is 0.790. The highest BCUT2D eigenvalue weighted by atomic mass is 16.5. The monoisotopic (exact) mass is 395 g/mol. The normalized spacial score (nSPS) is 15.2. The van der Waals surface area contributed by atoms with Gasteiger partial charge in [-0.25, -0.2) is 0 Å². The molecule has 1 aliphatic heterocycles. The van der Waals surface area contributed by atoms with Gasteiger partial charge in [0, 0.05) is 12.6 Å². The molecule has 6 nitrogen and oxygen atoms in total. The number of phenolic OH excluding ortho intramolecular Hbond substituents is 1. The molecule has 3 aromatic rings. The molecule has 1 fully saturated rings. The smallest absolute Gasteiger partial charge is 0.235 e. The number of phenols is 1. The first kappa shape index (κ1) is 19.3. The number of hydrogen-bond donors (Lipinski definition) is 1. The van der Waals surface area contributed by atoms with Crippen molar-refractivity contribution >= 4 is 11.0 Å². The molecule has 0 aliphatic carbocycles. The Morgan fingerprint density at radius 2 is 1.83 bits per heavy atom. The molecule has 1 N–H and O–H groups in total. The third-order valence-electron chi connectivity index (χ3n) is 5.34. The first-order valence-corrected chi connectivity index (χ1v) is 9.96. The Hall–Kier alpha value is -2.99. The molecule has 0 saturated carbocycles. The molecule has 152 valence electrons. The second kappa shape index (κ2) is 8.57. The first-order chi connectivity index (χ1) is 14.2. The van der Waals surface area contributed by atoms with Crippen molar-refractivity contribution in [3.63, 3.8) is 0 Å². The fraction of sp³-hybridized carbons (Fsp3) is 0.348. The van der Waals surface area contributed by atoms with Gasteiger partial charge in [-0.05, 0) is 50.2 Å². The van der Waals surface area contributed by atoms with Crippen molar-refractivity contribution in [3.8, 4) is 23.0 Å². The molecule has 1 aliphatic rings. The molecule has 4 rings (SSSR count). The van der Waals surface area contributed by atoms with E-state index < -0.39 is 0 Å². The van der Waals surface area contributed by atoms with E-state index in [0.29, 0.717) is 34.6 Å². The van der Waals surface area contributed by atoms with Gasteiger partial charge in [-0.3, -0.25) is 9.69 Å². The van der Waals surface area contributed by atoms with Crippen LogP contribution in [0.4, 0.5) is 0 Å². The number of fused-ring (bicyclic) bond motifs is 1. The van der Waals surface area contributed by atoms with Gasteiger partial charge in [0.2, 0.25) is 11.2 Å². The molecule has 29 heavy (non-hydrogen) atoms. The number of ether oxygens (including phenoxy) is 2. The van der Waals surface area contributed by atoms with Gasteiger partial charge in [0.15, 0.2) is 0 Å². The van der Waals surface area contributed by atoms with Crippen LogP contribution < -0.4 is 14.9 Å². The zero-order valence-corrected chi connectivity index (χ0v) is 16.5. The van der Waals surface area contributed by atoms with Crippen molar-refractivity contribution in [1.29, 1.82) is 0 Å². The highest BCUT2D eigenvalue weighted by molar-refractivity contribution is 5.83. The SMILES string of the molecule is COc1cccc(Oc2coc3c(CN4CCCCCC4)c(O)ccc3c2=O)c1. The predicted octanol–water partition coefficient (Wildman–Crippen LogP) is 4.68. The second-order valence-corrected chi connectivity index (χ2v) is 7.34. The van der Waals surface area contributed by atoms with Crippen LogP contribution in [0.15, 0.2) is 51.9 Å². The summed E-state index contributed by atoms with van der Waals surface area (Å²) >= 11 is 0. The molecule has 6 heteroatoms. The fourth-order valence-corrected chi connectivity index (χ4v) is 3.76. The quantitative estimate of drug-likeness (QED) is 0.677. The van der Waals surface area contributed by atoms with E-state index in [1.165, 1.54) is 19.1 Å². The maximum absolute atomic E-state index is 13.0. The summed E-state index contributed by atoms with van der Waals surface area (Å²) < 4.78 is 16.7. The van der Waals surface area contributed by atoms with Crippen LogP contribution in [0.25, 0.3) is 11.0 Å². The lowest BCUT2D eigenvalue weighted by molar-refractivity contribution is 0.272. The van der Waals surface area contributed by atoms with Crippen LogP contribution in [0.5, 0.6) is 23.0 Å². The van der Waals surface area contributed by atoms with Gasteiger partial charge in [0.25, 0.3) is 0 Å². The van der Waals surface area contributed by atoms with E-state index in [1.54, 1.807) is 43.5 Å².